The number of aromatic nitrogens is 2. The number of benzene rings is 1. The highest BCUT2D eigenvalue weighted by molar-refractivity contribution is 7.16. The van der Waals surface area contributed by atoms with Crippen LogP contribution in [-0.2, 0) is 0 Å². The lowest BCUT2D eigenvalue weighted by atomic mass is 10.1. The van der Waals surface area contributed by atoms with Crippen LogP contribution in [0.3, 0.4) is 0 Å². The molecule has 0 radical (unpaired) electrons. The van der Waals surface area contributed by atoms with Crippen molar-refractivity contribution in [3.63, 3.8) is 0 Å². The predicted molar refractivity (Wildman–Crippen MR) is 87.7 cm³/mol. The van der Waals surface area contributed by atoms with Gasteiger partial charge in [0.2, 0.25) is 11.8 Å². The van der Waals surface area contributed by atoms with Gasteiger partial charge in [0.1, 0.15) is 10.6 Å². The minimum atomic E-state index is 0.571. The van der Waals surface area contributed by atoms with E-state index in [4.69, 9.17) is 4.74 Å². The van der Waals surface area contributed by atoms with Gasteiger partial charge in [0.15, 0.2) is 0 Å². The molecule has 108 valence electrons. The molecule has 0 spiro atoms. The van der Waals surface area contributed by atoms with Crippen LogP contribution in [-0.4, -0.2) is 17.0 Å². The molecule has 21 heavy (non-hydrogen) atoms. The molecule has 0 bridgehead atoms. The molecule has 1 N–H and O–H groups in total. The fourth-order valence-corrected chi connectivity index (χ4v) is 2.98. The van der Waals surface area contributed by atoms with Crippen molar-refractivity contribution in [1.29, 1.82) is 0 Å². The molecular formula is C16H17N3OS. The molecule has 0 unspecified atom stereocenters. The van der Waals surface area contributed by atoms with Crippen LogP contribution in [0, 0.1) is 20.8 Å². The molecule has 4 nitrogen and oxygen atoms in total. The zero-order chi connectivity index (χ0) is 15.0. The minimum absolute atomic E-state index is 0.571. The van der Waals surface area contributed by atoms with Crippen LogP contribution in [0.15, 0.2) is 23.6 Å². The van der Waals surface area contributed by atoms with E-state index in [9.17, 15) is 0 Å². The lowest BCUT2D eigenvalue weighted by Gasteiger charge is -2.12. The first-order valence-corrected chi connectivity index (χ1v) is 7.65. The summed E-state index contributed by atoms with van der Waals surface area (Å²) < 4.78 is 6.10. The Morgan fingerprint density at radius 2 is 1.95 bits per heavy atom. The van der Waals surface area contributed by atoms with E-state index in [1.54, 1.807) is 18.4 Å². The second-order valence-electron chi connectivity index (χ2n) is 5.05. The smallest absolute Gasteiger partial charge is 0.232 e. The van der Waals surface area contributed by atoms with Crippen LogP contribution in [0.25, 0.3) is 10.2 Å². The van der Waals surface area contributed by atoms with E-state index in [1.165, 1.54) is 11.1 Å². The SMILES string of the molecule is CNc1nc(Oc2cc(C)cc(C)c2C)c2ccsc2n1. The molecule has 0 aliphatic carbocycles. The number of fused-ring (bicyclic) bond motifs is 1. The summed E-state index contributed by atoms with van der Waals surface area (Å²) in [4.78, 5) is 9.80. The van der Waals surface area contributed by atoms with Crippen molar-refractivity contribution in [3.05, 3.63) is 40.3 Å². The van der Waals surface area contributed by atoms with Gasteiger partial charge in [-0.2, -0.15) is 4.98 Å². The van der Waals surface area contributed by atoms with Crippen molar-refractivity contribution in [2.24, 2.45) is 0 Å². The summed E-state index contributed by atoms with van der Waals surface area (Å²) in [7, 11) is 1.81. The summed E-state index contributed by atoms with van der Waals surface area (Å²) in [6.07, 6.45) is 0. The van der Waals surface area contributed by atoms with Gasteiger partial charge in [-0.25, -0.2) is 4.98 Å². The molecule has 0 saturated heterocycles. The maximum atomic E-state index is 6.10. The van der Waals surface area contributed by atoms with Crippen molar-refractivity contribution >= 4 is 27.5 Å². The van der Waals surface area contributed by atoms with Gasteiger partial charge in [-0.05, 0) is 55.0 Å². The summed E-state index contributed by atoms with van der Waals surface area (Å²) in [6, 6.07) is 6.19. The molecule has 0 saturated carbocycles. The van der Waals surface area contributed by atoms with E-state index in [0.717, 1.165) is 21.5 Å². The summed E-state index contributed by atoms with van der Waals surface area (Å²) in [5.74, 6) is 2.02. The van der Waals surface area contributed by atoms with Crippen LogP contribution >= 0.6 is 11.3 Å². The van der Waals surface area contributed by atoms with E-state index in [1.807, 2.05) is 17.5 Å². The summed E-state index contributed by atoms with van der Waals surface area (Å²) in [5.41, 5.74) is 3.53. The number of thiophene rings is 1. The molecule has 3 aromatic rings. The highest BCUT2D eigenvalue weighted by Crippen LogP contribution is 2.33. The lowest BCUT2D eigenvalue weighted by molar-refractivity contribution is 0.465. The van der Waals surface area contributed by atoms with Crippen LogP contribution in [0.4, 0.5) is 5.95 Å². The highest BCUT2D eigenvalue weighted by Gasteiger charge is 2.12. The van der Waals surface area contributed by atoms with E-state index in [2.05, 4.69) is 42.1 Å². The molecule has 0 aliphatic rings. The summed E-state index contributed by atoms with van der Waals surface area (Å²) in [5, 5.41) is 5.92. The fourth-order valence-electron chi connectivity index (χ4n) is 2.23. The average Bonchev–Trinajstić information content (AvgIpc) is 2.92. The molecule has 0 amide bonds. The topological polar surface area (TPSA) is 47.0 Å². The van der Waals surface area contributed by atoms with Crippen LogP contribution in [0.1, 0.15) is 16.7 Å². The Kier molecular flexibility index (Phi) is 3.51. The Labute approximate surface area is 127 Å². The third-order valence-corrected chi connectivity index (χ3v) is 4.29. The van der Waals surface area contributed by atoms with Crippen LogP contribution < -0.4 is 10.1 Å². The second kappa shape index (κ2) is 5.33. The molecule has 3 rings (SSSR count). The summed E-state index contributed by atoms with van der Waals surface area (Å²) in [6.45, 7) is 6.22. The second-order valence-corrected chi connectivity index (χ2v) is 5.94. The zero-order valence-corrected chi connectivity index (χ0v) is 13.3. The maximum Gasteiger partial charge on any atom is 0.232 e. The van der Waals surface area contributed by atoms with Crippen LogP contribution in [0.5, 0.6) is 11.6 Å². The number of nitrogens with zero attached hydrogens (tertiary/aromatic N) is 2. The van der Waals surface area contributed by atoms with Gasteiger partial charge in [-0.3, -0.25) is 0 Å². The minimum Gasteiger partial charge on any atom is -0.438 e. The maximum absolute atomic E-state index is 6.10. The van der Waals surface area contributed by atoms with Crippen molar-refractivity contribution in [2.75, 3.05) is 12.4 Å². The zero-order valence-electron chi connectivity index (χ0n) is 12.5. The first kappa shape index (κ1) is 13.8. The van der Waals surface area contributed by atoms with E-state index in [0.29, 0.717) is 11.8 Å². The molecule has 1 aromatic carbocycles. The number of hydrogen-bond donors (Lipinski definition) is 1. The molecule has 0 atom stereocenters. The standard InChI is InChI=1S/C16H17N3OS/c1-9-7-10(2)11(3)13(8-9)20-14-12-5-6-21-15(12)19-16(17-4)18-14/h5-8H,1-4H3,(H,17,18,19). The van der Waals surface area contributed by atoms with E-state index in [-0.39, 0.29) is 0 Å². The van der Waals surface area contributed by atoms with Gasteiger partial charge in [0, 0.05) is 7.05 Å². The van der Waals surface area contributed by atoms with Crippen molar-refractivity contribution in [1.82, 2.24) is 9.97 Å². The van der Waals surface area contributed by atoms with Gasteiger partial charge in [-0.15, -0.1) is 11.3 Å². The summed E-state index contributed by atoms with van der Waals surface area (Å²) >= 11 is 1.58. The van der Waals surface area contributed by atoms with E-state index >= 15 is 0 Å². The molecule has 2 aromatic heterocycles. The van der Waals surface area contributed by atoms with Gasteiger partial charge < -0.3 is 10.1 Å². The van der Waals surface area contributed by atoms with Crippen molar-refractivity contribution < 1.29 is 4.74 Å². The quantitative estimate of drug-likeness (QED) is 0.776. The van der Waals surface area contributed by atoms with Gasteiger partial charge in [0.25, 0.3) is 0 Å². The molecule has 0 fully saturated rings. The first-order chi connectivity index (χ1) is 10.1. The molecule has 0 aliphatic heterocycles. The lowest BCUT2D eigenvalue weighted by Crippen LogP contribution is -1.99. The van der Waals surface area contributed by atoms with E-state index < -0.39 is 0 Å². The average molecular weight is 299 g/mol. The number of rotatable bonds is 3. The van der Waals surface area contributed by atoms with Gasteiger partial charge in [-0.1, -0.05) is 6.07 Å². The van der Waals surface area contributed by atoms with Crippen LogP contribution in [0.2, 0.25) is 0 Å². The van der Waals surface area contributed by atoms with Gasteiger partial charge in [0.05, 0.1) is 5.39 Å². The monoisotopic (exact) mass is 299 g/mol. The Balaban J connectivity index is 2.11. The van der Waals surface area contributed by atoms with Gasteiger partial charge >= 0.3 is 0 Å². The predicted octanol–water partition coefficient (Wildman–Crippen LogP) is 4.45. The molecule has 5 heteroatoms. The fraction of sp³-hybridized carbons (Fsp3) is 0.250. The Morgan fingerprint density at radius 1 is 1.14 bits per heavy atom. The molecular weight excluding hydrogens is 282 g/mol. The number of ether oxygens (including phenoxy) is 1. The first-order valence-electron chi connectivity index (χ1n) is 6.77. The Bertz CT molecular complexity index is 811. The number of nitrogens with one attached hydrogen (secondary N) is 1. The number of aryl methyl sites for hydroxylation is 2. The van der Waals surface area contributed by atoms with Crippen molar-refractivity contribution in [2.45, 2.75) is 20.8 Å². The van der Waals surface area contributed by atoms with Crippen molar-refractivity contribution in [3.8, 4) is 11.6 Å². The largest absolute Gasteiger partial charge is 0.438 e. The number of anilines is 1. The normalized spacial score (nSPS) is 10.9. The Morgan fingerprint density at radius 3 is 2.71 bits per heavy atom. The molecule has 2 heterocycles. The third kappa shape index (κ3) is 2.56. The number of hydrogen-bond acceptors (Lipinski definition) is 5. The Hall–Kier alpha value is -2.14. The third-order valence-electron chi connectivity index (χ3n) is 3.48. The highest BCUT2D eigenvalue weighted by atomic mass is 32.1.